The van der Waals surface area contributed by atoms with E-state index in [0.717, 1.165) is 12.3 Å². The molecule has 2 atom stereocenters. The van der Waals surface area contributed by atoms with Crippen molar-refractivity contribution in [3.63, 3.8) is 0 Å². The van der Waals surface area contributed by atoms with Crippen LogP contribution in [0.2, 0.25) is 0 Å². The minimum atomic E-state index is -0.568. The lowest BCUT2D eigenvalue weighted by Gasteiger charge is -2.04. The molecule has 0 amide bonds. The molecule has 2 heteroatoms. The SMILES string of the molecule is O=C(O)[C@H]1C[C@@H]1C1CCCC1. The Morgan fingerprint density at radius 2 is 1.91 bits per heavy atom. The van der Waals surface area contributed by atoms with Crippen LogP contribution in [0.4, 0.5) is 0 Å². The molecule has 2 aliphatic rings. The first kappa shape index (κ1) is 7.14. The molecule has 2 nitrogen and oxygen atoms in total. The average molecular weight is 154 g/mol. The van der Waals surface area contributed by atoms with Crippen molar-refractivity contribution in [1.29, 1.82) is 0 Å². The summed E-state index contributed by atoms with van der Waals surface area (Å²) >= 11 is 0. The van der Waals surface area contributed by atoms with Crippen LogP contribution in [0.1, 0.15) is 32.1 Å². The topological polar surface area (TPSA) is 37.3 Å². The van der Waals surface area contributed by atoms with E-state index in [2.05, 4.69) is 0 Å². The van der Waals surface area contributed by atoms with Crippen LogP contribution in [0, 0.1) is 17.8 Å². The highest BCUT2D eigenvalue weighted by atomic mass is 16.4. The van der Waals surface area contributed by atoms with E-state index in [9.17, 15) is 4.79 Å². The van der Waals surface area contributed by atoms with E-state index in [0.29, 0.717) is 5.92 Å². The highest BCUT2D eigenvalue weighted by Crippen LogP contribution is 2.50. The molecule has 0 saturated heterocycles. The third kappa shape index (κ3) is 1.26. The van der Waals surface area contributed by atoms with Gasteiger partial charge in [0, 0.05) is 0 Å². The molecule has 1 N–H and O–H groups in total. The van der Waals surface area contributed by atoms with Gasteiger partial charge in [-0.3, -0.25) is 4.79 Å². The Bertz CT molecular complexity index is 170. The predicted octanol–water partition coefficient (Wildman–Crippen LogP) is 1.90. The van der Waals surface area contributed by atoms with Crippen molar-refractivity contribution in [3.8, 4) is 0 Å². The number of hydrogen-bond acceptors (Lipinski definition) is 1. The van der Waals surface area contributed by atoms with Crippen molar-refractivity contribution in [2.75, 3.05) is 0 Å². The molecule has 2 rings (SSSR count). The third-order valence-electron chi connectivity index (χ3n) is 3.16. The summed E-state index contributed by atoms with van der Waals surface area (Å²) in [6.45, 7) is 0. The van der Waals surface area contributed by atoms with Crippen LogP contribution >= 0.6 is 0 Å². The van der Waals surface area contributed by atoms with Crippen LogP contribution < -0.4 is 0 Å². The van der Waals surface area contributed by atoms with Crippen LogP contribution in [0.15, 0.2) is 0 Å². The van der Waals surface area contributed by atoms with Crippen LogP contribution in [0.25, 0.3) is 0 Å². The highest BCUT2D eigenvalue weighted by Gasteiger charge is 2.47. The largest absolute Gasteiger partial charge is 0.481 e. The van der Waals surface area contributed by atoms with Gasteiger partial charge >= 0.3 is 5.97 Å². The molecule has 0 aromatic carbocycles. The summed E-state index contributed by atoms with van der Waals surface area (Å²) in [5.41, 5.74) is 0. The molecule has 0 aromatic heterocycles. The van der Waals surface area contributed by atoms with E-state index < -0.39 is 5.97 Å². The minimum Gasteiger partial charge on any atom is -0.481 e. The van der Waals surface area contributed by atoms with Gasteiger partial charge in [0.25, 0.3) is 0 Å². The fraction of sp³-hybridized carbons (Fsp3) is 0.889. The van der Waals surface area contributed by atoms with Crippen LogP contribution in [-0.4, -0.2) is 11.1 Å². The fourth-order valence-corrected chi connectivity index (χ4v) is 2.41. The zero-order chi connectivity index (χ0) is 7.84. The third-order valence-corrected chi connectivity index (χ3v) is 3.16. The molecular formula is C9H14O2. The Balaban J connectivity index is 1.85. The number of carboxylic acids is 1. The van der Waals surface area contributed by atoms with Gasteiger partial charge < -0.3 is 5.11 Å². The van der Waals surface area contributed by atoms with Crippen molar-refractivity contribution in [3.05, 3.63) is 0 Å². The summed E-state index contributed by atoms with van der Waals surface area (Å²) in [4.78, 5) is 10.5. The van der Waals surface area contributed by atoms with Crippen molar-refractivity contribution < 1.29 is 9.90 Å². The van der Waals surface area contributed by atoms with Crippen LogP contribution in [0.3, 0.4) is 0 Å². The van der Waals surface area contributed by atoms with Crippen LogP contribution in [-0.2, 0) is 4.79 Å². The molecule has 0 heterocycles. The Kier molecular flexibility index (Phi) is 1.63. The van der Waals surface area contributed by atoms with E-state index >= 15 is 0 Å². The maximum absolute atomic E-state index is 10.5. The lowest BCUT2D eigenvalue weighted by Crippen LogP contribution is -2.04. The van der Waals surface area contributed by atoms with Gasteiger partial charge in [-0.15, -0.1) is 0 Å². The second kappa shape index (κ2) is 2.50. The molecule has 0 spiro atoms. The van der Waals surface area contributed by atoms with E-state index in [1.165, 1.54) is 25.7 Å². The number of hydrogen-bond donors (Lipinski definition) is 1. The van der Waals surface area contributed by atoms with Crippen molar-refractivity contribution >= 4 is 5.97 Å². The summed E-state index contributed by atoms with van der Waals surface area (Å²) in [5, 5.41) is 8.68. The smallest absolute Gasteiger partial charge is 0.306 e. The van der Waals surface area contributed by atoms with Gasteiger partial charge in [0.05, 0.1) is 5.92 Å². The monoisotopic (exact) mass is 154 g/mol. The van der Waals surface area contributed by atoms with Gasteiger partial charge in [-0.05, 0) is 18.3 Å². The van der Waals surface area contributed by atoms with Gasteiger partial charge in [0.2, 0.25) is 0 Å². The van der Waals surface area contributed by atoms with Gasteiger partial charge in [0.1, 0.15) is 0 Å². The maximum Gasteiger partial charge on any atom is 0.306 e. The van der Waals surface area contributed by atoms with Crippen molar-refractivity contribution in [2.45, 2.75) is 32.1 Å². The first-order chi connectivity index (χ1) is 5.29. The maximum atomic E-state index is 10.5. The first-order valence-corrected chi connectivity index (χ1v) is 4.52. The summed E-state index contributed by atoms with van der Waals surface area (Å²) < 4.78 is 0. The molecule has 2 aliphatic carbocycles. The normalized spacial score (nSPS) is 37.5. The van der Waals surface area contributed by atoms with Gasteiger partial charge in [-0.25, -0.2) is 0 Å². The van der Waals surface area contributed by atoms with Crippen molar-refractivity contribution in [2.24, 2.45) is 17.8 Å². The quantitative estimate of drug-likeness (QED) is 0.659. The standard InChI is InChI=1S/C9H14O2/c10-9(11)8-5-7(8)6-3-1-2-4-6/h6-8H,1-5H2,(H,10,11)/t7-,8+/m1/s1. The summed E-state index contributed by atoms with van der Waals surface area (Å²) in [5.74, 6) is 0.770. The lowest BCUT2D eigenvalue weighted by molar-refractivity contribution is -0.139. The molecule has 62 valence electrons. The molecule has 0 radical (unpaired) electrons. The molecule has 0 bridgehead atoms. The van der Waals surface area contributed by atoms with Gasteiger partial charge in [-0.2, -0.15) is 0 Å². The summed E-state index contributed by atoms with van der Waals surface area (Å²) in [6, 6.07) is 0. The second-order valence-electron chi connectivity index (χ2n) is 3.89. The van der Waals surface area contributed by atoms with Crippen molar-refractivity contribution in [1.82, 2.24) is 0 Å². The average Bonchev–Trinajstić information content (AvgIpc) is 2.60. The van der Waals surface area contributed by atoms with E-state index in [-0.39, 0.29) is 5.92 Å². The number of carbonyl (C=O) groups is 1. The second-order valence-corrected chi connectivity index (χ2v) is 3.89. The summed E-state index contributed by atoms with van der Waals surface area (Å²) in [7, 11) is 0. The number of carboxylic acid groups (broad SMARTS) is 1. The zero-order valence-corrected chi connectivity index (χ0v) is 6.62. The van der Waals surface area contributed by atoms with Gasteiger partial charge in [-0.1, -0.05) is 25.7 Å². The first-order valence-electron chi connectivity index (χ1n) is 4.52. The zero-order valence-electron chi connectivity index (χ0n) is 6.62. The molecule has 2 saturated carbocycles. The van der Waals surface area contributed by atoms with Crippen LogP contribution in [0.5, 0.6) is 0 Å². The number of rotatable bonds is 2. The molecule has 0 aromatic rings. The molecular weight excluding hydrogens is 140 g/mol. The van der Waals surface area contributed by atoms with E-state index in [1.807, 2.05) is 0 Å². The molecule has 11 heavy (non-hydrogen) atoms. The molecule has 0 unspecified atom stereocenters. The number of aliphatic carboxylic acids is 1. The van der Waals surface area contributed by atoms with E-state index in [4.69, 9.17) is 5.11 Å². The Labute approximate surface area is 66.6 Å². The Hall–Kier alpha value is -0.530. The predicted molar refractivity (Wildman–Crippen MR) is 41.2 cm³/mol. The highest BCUT2D eigenvalue weighted by molar-refractivity contribution is 5.73. The molecule has 0 aliphatic heterocycles. The van der Waals surface area contributed by atoms with Gasteiger partial charge in [0.15, 0.2) is 0 Å². The van der Waals surface area contributed by atoms with E-state index in [1.54, 1.807) is 0 Å². The summed E-state index contributed by atoms with van der Waals surface area (Å²) in [6.07, 6.45) is 6.18. The Morgan fingerprint density at radius 3 is 2.36 bits per heavy atom. The minimum absolute atomic E-state index is 0.0260. The Morgan fingerprint density at radius 1 is 1.27 bits per heavy atom. The molecule has 2 fully saturated rings. The fourth-order valence-electron chi connectivity index (χ4n) is 2.41. The lowest BCUT2D eigenvalue weighted by atomic mass is 10.0.